The Morgan fingerprint density at radius 1 is 0.840 bits per heavy atom. The second kappa shape index (κ2) is 7.93. The van der Waals surface area contributed by atoms with Crippen molar-refractivity contribution in [3.05, 3.63) is 96.1 Å². The third-order valence-electron chi connectivity index (χ3n) is 3.66. The highest BCUT2D eigenvalue weighted by Crippen LogP contribution is 2.25. The summed E-state index contributed by atoms with van der Waals surface area (Å²) in [5.41, 5.74) is 3.35. The molecular weight excluding hydrogens is 312 g/mol. The van der Waals surface area contributed by atoms with Crippen LogP contribution >= 0.6 is 0 Å². The summed E-state index contributed by atoms with van der Waals surface area (Å²) in [7, 11) is 1.37. The average molecular weight is 330 g/mol. The predicted molar refractivity (Wildman–Crippen MR) is 100 cm³/mol. The Morgan fingerprint density at radius 2 is 1.36 bits per heavy atom. The number of ether oxygens (including phenoxy) is 1. The van der Waals surface area contributed by atoms with E-state index in [4.69, 9.17) is 4.74 Å². The molecule has 0 spiro atoms. The van der Waals surface area contributed by atoms with E-state index >= 15 is 0 Å². The molecule has 0 saturated carbocycles. The fraction of sp³-hybridized carbons (Fsp3) is 0.0476. The van der Waals surface area contributed by atoms with Crippen molar-refractivity contribution in [2.24, 2.45) is 5.10 Å². The van der Waals surface area contributed by atoms with Crippen LogP contribution in [0.4, 0.5) is 11.4 Å². The number of nitrogens with zero attached hydrogens (tertiary/aromatic N) is 2. The molecule has 0 unspecified atom stereocenters. The van der Waals surface area contributed by atoms with Gasteiger partial charge in [-0.25, -0.2) is 9.80 Å². The minimum Gasteiger partial charge on any atom is -0.465 e. The monoisotopic (exact) mass is 330 g/mol. The maximum atomic E-state index is 11.5. The van der Waals surface area contributed by atoms with Gasteiger partial charge in [0.25, 0.3) is 0 Å². The van der Waals surface area contributed by atoms with Crippen molar-refractivity contribution < 1.29 is 9.53 Å². The van der Waals surface area contributed by atoms with E-state index < -0.39 is 0 Å². The van der Waals surface area contributed by atoms with E-state index in [2.05, 4.69) is 5.10 Å². The number of benzene rings is 3. The fourth-order valence-electron chi connectivity index (χ4n) is 2.37. The summed E-state index contributed by atoms with van der Waals surface area (Å²) < 4.78 is 4.71. The molecule has 3 rings (SSSR count). The number of rotatable bonds is 5. The van der Waals surface area contributed by atoms with Crippen LogP contribution in [0.25, 0.3) is 0 Å². The van der Waals surface area contributed by atoms with Crippen LogP contribution in [0.5, 0.6) is 0 Å². The summed E-state index contributed by atoms with van der Waals surface area (Å²) in [4.78, 5) is 11.5. The summed E-state index contributed by atoms with van der Waals surface area (Å²) >= 11 is 0. The first kappa shape index (κ1) is 16.5. The first-order valence-corrected chi connectivity index (χ1v) is 7.90. The van der Waals surface area contributed by atoms with E-state index in [9.17, 15) is 4.79 Å². The standard InChI is InChI=1S/C21H18N2O2/c1-25-21(24)18-14-12-17(13-15-18)16-22-23(19-8-4-2-5-9-19)20-10-6-3-7-11-20/h2-16H,1H3/b22-16+. The summed E-state index contributed by atoms with van der Waals surface area (Å²) in [6, 6.07) is 27.0. The molecule has 25 heavy (non-hydrogen) atoms. The molecule has 0 saturated heterocycles. The van der Waals surface area contributed by atoms with Gasteiger partial charge in [0, 0.05) is 0 Å². The zero-order valence-corrected chi connectivity index (χ0v) is 13.9. The van der Waals surface area contributed by atoms with Crippen molar-refractivity contribution in [1.82, 2.24) is 0 Å². The SMILES string of the molecule is COC(=O)c1ccc(/C=N/N(c2ccccc2)c2ccccc2)cc1. The van der Waals surface area contributed by atoms with Crippen LogP contribution < -0.4 is 5.01 Å². The summed E-state index contributed by atoms with van der Waals surface area (Å²) in [6.45, 7) is 0. The van der Waals surface area contributed by atoms with Crippen LogP contribution in [0, 0.1) is 0 Å². The van der Waals surface area contributed by atoms with Gasteiger partial charge in [-0.1, -0.05) is 48.5 Å². The number of methoxy groups -OCH3 is 1. The van der Waals surface area contributed by atoms with Crippen LogP contribution in [0.3, 0.4) is 0 Å². The number of hydrogen-bond acceptors (Lipinski definition) is 4. The van der Waals surface area contributed by atoms with Gasteiger partial charge in [-0.2, -0.15) is 5.10 Å². The highest BCUT2D eigenvalue weighted by atomic mass is 16.5. The summed E-state index contributed by atoms with van der Waals surface area (Å²) in [5.74, 6) is -0.348. The zero-order valence-electron chi connectivity index (χ0n) is 13.9. The van der Waals surface area contributed by atoms with Gasteiger partial charge >= 0.3 is 5.97 Å². The third kappa shape index (κ3) is 4.12. The predicted octanol–water partition coefficient (Wildman–Crippen LogP) is 4.65. The molecule has 0 aliphatic heterocycles. The number of hydrogen-bond donors (Lipinski definition) is 0. The second-order valence-corrected chi connectivity index (χ2v) is 5.34. The molecule has 3 aromatic carbocycles. The Bertz CT molecular complexity index is 805. The molecule has 0 aromatic heterocycles. The minimum atomic E-state index is -0.348. The van der Waals surface area contributed by atoms with E-state index in [0.29, 0.717) is 5.56 Å². The van der Waals surface area contributed by atoms with Crippen LogP contribution in [0.15, 0.2) is 90.0 Å². The Kier molecular flexibility index (Phi) is 5.22. The number of esters is 1. The van der Waals surface area contributed by atoms with E-state index in [1.54, 1.807) is 18.3 Å². The molecule has 0 atom stereocenters. The topological polar surface area (TPSA) is 41.9 Å². The van der Waals surface area contributed by atoms with E-state index in [0.717, 1.165) is 16.9 Å². The smallest absolute Gasteiger partial charge is 0.337 e. The molecule has 3 aromatic rings. The molecule has 0 fully saturated rings. The van der Waals surface area contributed by atoms with Crippen molar-refractivity contribution >= 4 is 23.6 Å². The van der Waals surface area contributed by atoms with Gasteiger partial charge in [0.1, 0.15) is 0 Å². The lowest BCUT2D eigenvalue weighted by molar-refractivity contribution is 0.0600. The van der Waals surface area contributed by atoms with Crippen molar-refractivity contribution in [3.8, 4) is 0 Å². The van der Waals surface area contributed by atoms with E-state index in [1.807, 2.05) is 77.8 Å². The van der Waals surface area contributed by atoms with Crippen LogP contribution in [0.1, 0.15) is 15.9 Å². The first-order chi connectivity index (χ1) is 12.3. The number of carbonyl (C=O) groups excluding carboxylic acids is 1. The van der Waals surface area contributed by atoms with Crippen LogP contribution in [0.2, 0.25) is 0 Å². The largest absolute Gasteiger partial charge is 0.465 e. The van der Waals surface area contributed by atoms with E-state index in [-0.39, 0.29) is 5.97 Å². The third-order valence-corrected chi connectivity index (χ3v) is 3.66. The highest BCUT2D eigenvalue weighted by molar-refractivity contribution is 5.90. The van der Waals surface area contributed by atoms with Crippen LogP contribution in [-0.2, 0) is 4.74 Å². The van der Waals surface area contributed by atoms with Crippen molar-refractivity contribution in [2.45, 2.75) is 0 Å². The molecule has 0 aliphatic carbocycles. The van der Waals surface area contributed by atoms with Gasteiger partial charge in [-0.05, 0) is 42.0 Å². The van der Waals surface area contributed by atoms with Crippen molar-refractivity contribution in [1.29, 1.82) is 0 Å². The molecule has 0 bridgehead atoms. The van der Waals surface area contributed by atoms with Crippen molar-refractivity contribution in [2.75, 3.05) is 12.1 Å². The summed E-state index contributed by atoms with van der Waals surface area (Å²) in [6.07, 6.45) is 1.76. The average Bonchev–Trinajstić information content (AvgIpc) is 2.70. The summed E-state index contributed by atoms with van der Waals surface area (Å²) in [5, 5.41) is 6.49. The molecule has 0 aliphatic rings. The lowest BCUT2D eigenvalue weighted by atomic mass is 10.1. The molecule has 0 N–H and O–H groups in total. The molecule has 4 nitrogen and oxygen atoms in total. The van der Waals surface area contributed by atoms with Gasteiger partial charge in [-0.3, -0.25) is 0 Å². The normalized spacial score (nSPS) is 10.6. The van der Waals surface area contributed by atoms with Crippen molar-refractivity contribution in [3.63, 3.8) is 0 Å². The highest BCUT2D eigenvalue weighted by Gasteiger charge is 2.07. The maximum Gasteiger partial charge on any atom is 0.337 e. The van der Waals surface area contributed by atoms with Crippen LogP contribution in [-0.4, -0.2) is 19.3 Å². The molecule has 0 amide bonds. The lowest BCUT2D eigenvalue weighted by Gasteiger charge is -2.19. The quantitative estimate of drug-likeness (QED) is 0.389. The Hall–Kier alpha value is -3.40. The zero-order chi connectivity index (χ0) is 17.5. The Morgan fingerprint density at radius 3 is 1.84 bits per heavy atom. The molecular formula is C21H18N2O2. The Labute approximate surface area is 147 Å². The number of carbonyl (C=O) groups is 1. The molecule has 0 radical (unpaired) electrons. The second-order valence-electron chi connectivity index (χ2n) is 5.34. The minimum absolute atomic E-state index is 0.348. The Balaban J connectivity index is 1.88. The first-order valence-electron chi connectivity index (χ1n) is 7.90. The van der Waals surface area contributed by atoms with Gasteiger partial charge in [-0.15, -0.1) is 0 Å². The fourth-order valence-corrected chi connectivity index (χ4v) is 2.37. The van der Waals surface area contributed by atoms with Gasteiger partial charge in [0.05, 0.1) is 30.3 Å². The van der Waals surface area contributed by atoms with Gasteiger partial charge < -0.3 is 4.74 Å². The van der Waals surface area contributed by atoms with Gasteiger partial charge in [0.2, 0.25) is 0 Å². The van der Waals surface area contributed by atoms with Gasteiger partial charge in [0.15, 0.2) is 0 Å². The number of anilines is 2. The number of hydrazone groups is 1. The molecule has 0 heterocycles. The number of para-hydroxylation sites is 2. The molecule has 4 heteroatoms. The molecule has 124 valence electrons. The lowest BCUT2D eigenvalue weighted by Crippen LogP contribution is -2.09. The van der Waals surface area contributed by atoms with E-state index in [1.165, 1.54) is 7.11 Å². The maximum absolute atomic E-state index is 11.5.